The smallest absolute Gasteiger partial charge is 0.220 e. The highest BCUT2D eigenvalue weighted by molar-refractivity contribution is 5.76. The molecule has 1 aliphatic carbocycles. The van der Waals surface area contributed by atoms with Gasteiger partial charge in [0, 0.05) is 13.0 Å². The molecule has 0 aromatic carbocycles. The summed E-state index contributed by atoms with van der Waals surface area (Å²) in [6, 6.07) is 0. The number of carbonyl (C=O) groups excluding carboxylic acids is 1. The normalized spacial score (nSPS) is 27.4. The molecule has 0 spiro atoms. The maximum Gasteiger partial charge on any atom is 0.220 e. The van der Waals surface area contributed by atoms with Crippen LogP contribution in [0, 0.1) is 17.8 Å². The highest BCUT2D eigenvalue weighted by Gasteiger charge is 2.28. The van der Waals surface area contributed by atoms with Gasteiger partial charge in [-0.2, -0.15) is 0 Å². The predicted octanol–water partition coefficient (Wildman–Crippen LogP) is 1.54. The predicted molar refractivity (Wildman–Crippen MR) is 65.1 cm³/mol. The van der Waals surface area contributed by atoms with E-state index >= 15 is 0 Å². The zero-order valence-electron chi connectivity index (χ0n) is 10.3. The van der Waals surface area contributed by atoms with Gasteiger partial charge in [0.05, 0.1) is 0 Å². The number of rotatable bonds is 5. The largest absolute Gasteiger partial charge is 0.356 e. The van der Waals surface area contributed by atoms with Crippen molar-refractivity contribution in [3.05, 3.63) is 0 Å². The van der Waals surface area contributed by atoms with E-state index in [1.807, 2.05) is 0 Å². The van der Waals surface area contributed by atoms with Crippen molar-refractivity contribution in [3.63, 3.8) is 0 Å². The minimum Gasteiger partial charge on any atom is -0.356 e. The molecule has 1 aliphatic heterocycles. The monoisotopic (exact) mass is 224 g/mol. The van der Waals surface area contributed by atoms with Gasteiger partial charge in [-0.05, 0) is 56.5 Å². The van der Waals surface area contributed by atoms with Gasteiger partial charge in [-0.25, -0.2) is 0 Å². The average molecular weight is 224 g/mol. The minimum absolute atomic E-state index is 0.251. The first-order chi connectivity index (χ1) is 7.75. The number of piperidine rings is 1. The first kappa shape index (κ1) is 11.9. The number of amides is 1. The van der Waals surface area contributed by atoms with Crippen LogP contribution in [0.4, 0.5) is 0 Å². The van der Waals surface area contributed by atoms with E-state index < -0.39 is 0 Å². The van der Waals surface area contributed by atoms with Gasteiger partial charge in [0.25, 0.3) is 0 Å². The zero-order valence-corrected chi connectivity index (χ0v) is 10.3. The van der Waals surface area contributed by atoms with E-state index in [2.05, 4.69) is 17.6 Å². The number of carbonyl (C=O) groups is 1. The summed E-state index contributed by atoms with van der Waals surface area (Å²) in [6.45, 7) is 5.27. The fourth-order valence-electron chi connectivity index (χ4n) is 2.54. The van der Waals surface area contributed by atoms with E-state index in [1.165, 1.54) is 25.7 Å². The molecule has 1 saturated heterocycles. The van der Waals surface area contributed by atoms with Crippen molar-refractivity contribution < 1.29 is 4.79 Å². The van der Waals surface area contributed by atoms with Crippen LogP contribution in [0.15, 0.2) is 0 Å². The quantitative estimate of drug-likeness (QED) is 0.743. The van der Waals surface area contributed by atoms with Crippen LogP contribution in [0.2, 0.25) is 0 Å². The minimum atomic E-state index is 0.251. The van der Waals surface area contributed by atoms with Gasteiger partial charge < -0.3 is 10.6 Å². The molecule has 3 heteroatoms. The second-order valence-corrected chi connectivity index (χ2v) is 5.54. The molecule has 0 radical (unpaired) electrons. The van der Waals surface area contributed by atoms with Crippen LogP contribution in [0.25, 0.3) is 0 Å². The topological polar surface area (TPSA) is 41.1 Å². The fourth-order valence-corrected chi connectivity index (χ4v) is 2.54. The second kappa shape index (κ2) is 5.67. The Hall–Kier alpha value is -0.570. The van der Waals surface area contributed by atoms with Crippen molar-refractivity contribution >= 4 is 5.91 Å². The standard InChI is InChI=1S/C13H24N2O/c1-10(12-4-5-12)8-15-13(16)7-11-3-2-6-14-9-11/h10-12,14H,2-9H2,1H3,(H,15,16). The van der Waals surface area contributed by atoms with E-state index in [9.17, 15) is 4.79 Å². The van der Waals surface area contributed by atoms with Crippen molar-refractivity contribution in [3.8, 4) is 0 Å². The first-order valence-corrected chi connectivity index (χ1v) is 6.73. The molecule has 92 valence electrons. The summed E-state index contributed by atoms with van der Waals surface area (Å²) in [5, 5.41) is 6.44. The summed E-state index contributed by atoms with van der Waals surface area (Å²) >= 11 is 0. The Balaban J connectivity index is 1.59. The molecule has 2 N–H and O–H groups in total. The lowest BCUT2D eigenvalue weighted by molar-refractivity contribution is -0.122. The van der Waals surface area contributed by atoms with E-state index in [-0.39, 0.29) is 5.91 Å². The van der Waals surface area contributed by atoms with Crippen LogP contribution in [0.5, 0.6) is 0 Å². The van der Waals surface area contributed by atoms with Crippen LogP contribution in [0.3, 0.4) is 0 Å². The van der Waals surface area contributed by atoms with Crippen LogP contribution < -0.4 is 10.6 Å². The van der Waals surface area contributed by atoms with Crippen molar-refractivity contribution in [1.29, 1.82) is 0 Å². The lowest BCUT2D eigenvalue weighted by atomic mass is 9.96. The third kappa shape index (κ3) is 3.78. The van der Waals surface area contributed by atoms with Crippen LogP contribution in [-0.2, 0) is 4.79 Å². The average Bonchev–Trinajstić information content (AvgIpc) is 3.11. The SMILES string of the molecule is CC(CNC(=O)CC1CCCNC1)C1CC1. The Morgan fingerprint density at radius 2 is 2.25 bits per heavy atom. The lowest BCUT2D eigenvalue weighted by Crippen LogP contribution is -2.35. The van der Waals surface area contributed by atoms with Crippen LogP contribution in [0.1, 0.15) is 39.0 Å². The van der Waals surface area contributed by atoms with Crippen LogP contribution in [-0.4, -0.2) is 25.5 Å². The molecular formula is C13H24N2O. The van der Waals surface area contributed by atoms with Crippen molar-refractivity contribution in [1.82, 2.24) is 10.6 Å². The third-order valence-corrected chi connectivity index (χ3v) is 3.92. The molecule has 1 saturated carbocycles. The highest BCUT2D eigenvalue weighted by atomic mass is 16.1. The summed E-state index contributed by atoms with van der Waals surface area (Å²) in [4.78, 5) is 11.7. The Morgan fingerprint density at radius 3 is 2.88 bits per heavy atom. The maximum atomic E-state index is 11.7. The van der Waals surface area contributed by atoms with E-state index in [0.717, 1.165) is 25.6 Å². The Morgan fingerprint density at radius 1 is 1.44 bits per heavy atom. The Labute approximate surface area is 98.4 Å². The fraction of sp³-hybridized carbons (Fsp3) is 0.923. The van der Waals surface area contributed by atoms with Crippen LogP contribution >= 0.6 is 0 Å². The molecule has 2 aliphatic rings. The number of hydrogen-bond acceptors (Lipinski definition) is 2. The van der Waals surface area contributed by atoms with E-state index in [0.29, 0.717) is 18.3 Å². The third-order valence-electron chi connectivity index (χ3n) is 3.92. The summed E-state index contributed by atoms with van der Waals surface area (Å²) in [7, 11) is 0. The highest BCUT2D eigenvalue weighted by Crippen LogP contribution is 2.36. The number of nitrogens with one attached hydrogen (secondary N) is 2. The molecule has 0 aromatic rings. The molecule has 16 heavy (non-hydrogen) atoms. The summed E-state index contributed by atoms with van der Waals surface area (Å²) in [5.41, 5.74) is 0. The molecule has 3 nitrogen and oxygen atoms in total. The maximum absolute atomic E-state index is 11.7. The molecule has 0 bridgehead atoms. The second-order valence-electron chi connectivity index (χ2n) is 5.54. The summed E-state index contributed by atoms with van der Waals surface area (Å²) in [5.74, 6) is 2.37. The zero-order chi connectivity index (χ0) is 11.4. The molecule has 2 unspecified atom stereocenters. The van der Waals surface area contributed by atoms with Crippen molar-refractivity contribution in [2.75, 3.05) is 19.6 Å². The number of hydrogen-bond donors (Lipinski definition) is 2. The van der Waals surface area contributed by atoms with Gasteiger partial charge in [0.1, 0.15) is 0 Å². The van der Waals surface area contributed by atoms with Gasteiger partial charge in [0.2, 0.25) is 5.91 Å². The van der Waals surface area contributed by atoms with E-state index in [1.54, 1.807) is 0 Å². The van der Waals surface area contributed by atoms with Gasteiger partial charge in [-0.15, -0.1) is 0 Å². The van der Waals surface area contributed by atoms with Gasteiger partial charge in [-0.1, -0.05) is 6.92 Å². The molecule has 0 aromatic heterocycles. The molecule has 1 heterocycles. The Bertz CT molecular complexity index is 232. The summed E-state index contributed by atoms with van der Waals surface area (Å²) < 4.78 is 0. The van der Waals surface area contributed by atoms with Crippen molar-refractivity contribution in [2.24, 2.45) is 17.8 Å². The molecular weight excluding hydrogens is 200 g/mol. The van der Waals surface area contributed by atoms with Gasteiger partial charge >= 0.3 is 0 Å². The summed E-state index contributed by atoms with van der Waals surface area (Å²) in [6.07, 6.45) is 5.87. The first-order valence-electron chi connectivity index (χ1n) is 6.73. The molecule has 2 fully saturated rings. The van der Waals surface area contributed by atoms with Gasteiger partial charge in [-0.3, -0.25) is 4.79 Å². The van der Waals surface area contributed by atoms with E-state index in [4.69, 9.17) is 0 Å². The lowest BCUT2D eigenvalue weighted by Gasteiger charge is -2.22. The van der Waals surface area contributed by atoms with Gasteiger partial charge in [0.15, 0.2) is 0 Å². The Kier molecular flexibility index (Phi) is 4.22. The molecule has 1 amide bonds. The molecule has 2 rings (SSSR count). The molecule has 2 atom stereocenters. The van der Waals surface area contributed by atoms with Crippen molar-refractivity contribution in [2.45, 2.75) is 39.0 Å².